The molecule has 1 unspecified atom stereocenters. The highest BCUT2D eigenvalue weighted by Gasteiger charge is 2.51. The lowest BCUT2D eigenvalue weighted by atomic mass is 9.79. The van der Waals surface area contributed by atoms with Crippen LogP contribution in [0, 0.1) is 5.82 Å². The number of benzene rings is 2. The lowest BCUT2D eigenvalue weighted by Crippen LogP contribution is -2.35. The van der Waals surface area contributed by atoms with Crippen LogP contribution in [0.25, 0.3) is 0 Å². The number of fused-ring (bicyclic) bond motifs is 3. The highest BCUT2D eigenvalue weighted by molar-refractivity contribution is 6.06. The summed E-state index contributed by atoms with van der Waals surface area (Å²) in [5.74, 6) is -0.0855. The van der Waals surface area contributed by atoms with Gasteiger partial charge in [0.2, 0.25) is 11.8 Å². The summed E-state index contributed by atoms with van der Waals surface area (Å²) in [4.78, 5) is 29.8. The average molecular weight is 491 g/mol. The molecule has 2 heterocycles. The Balaban J connectivity index is 1.23. The summed E-state index contributed by atoms with van der Waals surface area (Å²) in [6.07, 6.45) is 2.11. The number of hydrogen-bond acceptors (Lipinski definition) is 6. The van der Waals surface area contributed by atoms with Gasteiger partial charge in [0.25, 0.3) is 0 Å². The van der Waals surface area contributed by atoms with E-state index in [0.29, 0.717) is 35.5 Å². The molecule has 1 aliphatic heterocycles. The molecule has 2 aromatic carbocycles. The van der Waals surface area contributed by atoms with Crippen LogP contribution >= 0.6 is 0 Å². The van der Waals surface area contributed by atoms with E-state index in [-0.39, 0.29) is 24.9 Å². The Labute approximate surface area is 208 Å². The average Bonchev–Trinajstić information content (AvgIpc) is 3.38. The van der Waals surface area contributed by atoms with Crippen molar-refractivity contribution in [3.05, 3.63) is 88.4 Å². The molecule has 36 heavy (non-hydrogen) atoms. The monoisotopic (exact) mass is 490 g/mol. The topological polar surface area (TPSA) is 102 Å². The fourth-order valence-electron chi connectivity index (χ4n) is 5.18. The first-order chi connectivity index (χ1) is 17.4. The molecule has 1 aromatic heterocycles. The summed E-state index contributed by atoms with van der Waals surface area (Å²) >= 11 is 0. The van der Waals surface area contributed by atoms with Gasteiger partial charge in [0, 0.05) is 49.3 Å². The van der Waals surface area contributed by atoms with Crippen molar-refractivity contribution in [1.82, 2.24) is 10.3 Å². The zero-order valence-electron chi connectivity index (χ0n) is 20.1. The molecule has 186 valence electrons. The number of nitrogens with zero attached hydrogens (tertiary/aromatic N) is 1. The van der Waals surface area contributed by atoms with E-state index in [1.807, 2.05) is 30.3 Å². The van der Waals surface area contributed by atoms with Crippen molar-refractivity contribution in [1.29, 1.82) is 0 Å². The van der Waals surface area contributed by atoms with E-state index in [0.717, 1.165) is 16.7 Å². The van der Waals surface area contributed by atoms with Crippen LogP contribution in [-0.2, 0) is 43.9 Å². The SMILES string of the molecule is COC(OC)c1cccc(F)c1CNCC(=O)Nc1ccc2c(c1)CC1(C2)C(=O)Nc2ncccc21. The van der Waals surface area contributed by atoms with Crippen LogP contribution in [0.4, 0.5) is 15.9 Å². The predicted molar refractivity (Wildman–Crippen MR) is 132 cm³/mol. The molecule has 0 saturated heterocycles. The number of ether oxygens (including phenoxy) is 2. The number of halogens is 1. The minimum absolute atomic E-state index is 0.0130. The second kappa shape index (κ2) is 9.77. The summed E-state index contributed by atoms with van der Waals surface area (Å²) in [6, 6.07) is 14.2. The van der Waals surface area contributed by atoms with Gasteiger partial charge >= 0.3 is 0 Å². The largest absolute Gasteiger partial charge is 0.352 e. The van der Waals surface area contributed by atoms with Gasteiger partial charge in [0.15, 0.2) is 6.29 Å². The fraction of sp³-hybridized carbons (Fsp3) is 0.296. The van der Waals surface area contributed by atoms with Crippen molar-refractivity contribution in [2.45, 2.75) is 31.1 Å². The third kappa shape index (κ3) is 4.26. The number of pyridine rings is 1. The minimum atomic E-state index is -0.703. The van der Waals surface area contributed by atoms with Gasteiger partial charge in [-0.25, -0.2) is 9.37 Å². The maximum absolute atomic E-state index is 14.4. The maximum Gasteiger partial charge on any atom is 0.238 e. The summed E-state index contributed by atoms with van der Waals surface area (Å²) < 4.78 is 25.0. The predicted octanol–water partition coefficient (Wildman–Crippen LogP) is 3.23. The van der Waals surface area contributed by atoms with Crippen LogP contribution in [0.15, 0.2) is 54.7 Å². The summed E-state index contributed by atoms with van der Waals surface area (Å²) in [6.45, 7) is 0.120. The Hall–Kier alpha value is -3.66. The van der Waals surface area contributed by atoms with Crippen molar-refractivity contribution < 1.29 is 23.5 Å². The number of hydrogen-bond donors (Lipinski definition) is 3. The zero-order valence-corrected chi connectivity index (χ0v) is 20.1. The standard InChI is InChI=1S/C27H27FN4O4/c1-35-25(36-2)19-5-3-7-22(28)20(19)14-29-15-23(33)31-18-9-8-16-12-27(13-17(16)11-18)21-6-4-10-30-24(21)32-26(27)34/h3-11,25,29H,12-15H2,1-2H3,(H,31,33)(H,30,32,34). The Morgan fingerprint density at radius 1 is 1.14 bits per heavy atom. The van der Waals surface area contributed by atoms with Gasteiger partial charge in [-0.15, -0.1) is 0 Å². The van der Waals surface area contributed by atoms with E-state index in [2.05, 4.69) is 20.9 Å². The van der Waals surface area contributed by atoms with Crippen LogP contribution < -0.4 is 16.0 Å². The first-order valence-electron chi connectivity index (χ1n) is 11.7. The van der Waals surface area contributed by atoms with Crippen molar-refractivity contribution in [2.75, 3.05) is 31.4 Å². The highest BCUT2D eigenvalue weighted by atomic mass is 19.1. The molecule has 3 aromatic rings. The molecule has 5 rings (SSSR count). The van der Waals surface area contributed by atoms with Crippen LogP contribution in [0.2, 0.25) is 0 Å². The Morgan fingerprint density at radius 2 is 1.94 bits per heavy atom. The number of methoxy groups -OCH3 is 2. The van der Waals surface area contributed by atoms with Crippen LogP contribution in [0.3, 0.4) is 0 Å². The lowest BCUT2D eigenvalue weighted by Gasteiger charge is -2.20. The first kappa shape index (κ1) is 24.1. The number of rotatable bonds is 8. The molecule has 1 atom stereocenters. The summed E-state index contributed by atoms with van der Waals surface area (Å²) in [5, 5.41) is 8.78. The molecule has 1 spiro atoms. The second-order valence-electron chi connectivity index (χ2n) is 9.04. The van der Waals surface area contributed by atoms with E-state index < -0.39 is 17.5 Å². The third-order valence-electron chi connectivity index (χ3n) is 6.89. The number of carbonyl (C=O) groups is 2. The van der Waals surface area contributed by atoms with Gasteiger partial charge in [-0.3, -0.25) is 9.59 Å². The molecule has 0 radical (unpaired) electrons. The van der Waals surface area contributed by atoms with Gasteiger partial charge in [-0.1, -0.05) is 24.3 Å². The van der Waals surface area contributed by atoms with Crippen LogP contribution in [0.1, 0.15) is 34.1 Å². The summed E-state index contributed by atoms with van der Waals surface area (Å²) in [7, 11) is 2.97. The minimum Gasteiger partial charge on any atom is -0.352 e. The molecule has 0 fully saturated rings. The number of aromatic nitrogens is 1. The van der Waals surface area contributed by atoms with Crippen molar-refractivity contribution in [3.63, 3.8) is 0 Å². The molecule has 2 aliphatic rings. The van der Waals surface area contributed by atoms with Crippen LogP contribution in [0.5, 0.6) is 0 Å². The van der Waals surface area contributed by atoms with E-state index in [9.17, 15) is 14.0 Å². The Bertz CT molecular complexity index is 1330. The maximum atomic E-state index is 14.4. The van der Waals surface area contributed by atoms with Gasteiger partial charge in [0.05, 0.1) is 12.0 Å². The second-order valence-corrected chi connectivity index (χ2v) is 9.04. The smallest absolute Gasteiger partial charge is 0.238 e. The molecule has 0 saturated carbocycles. The number of carbonyl (C=O) groups excluding carboxylic acids is 2. The van der Waals surface area contributed by atoms with E-state index in [1.165, 1.54) is 20.3 Å². The summed E-state index contributed by atoms with van der Waals surface area (Å²) in [5.41, 5.74) is 3.95. The van der Waals surface area contributed by atoms with E-state index in [4.69, 9.17) is 9.47 Å². The Kier molecular flexibility index (Phi) is 6.53. The number of nitrogens with one attached hydrogen (secondary N) is 3. The lowest BCUT2D eigenvalue weighted by molar-refractivity contribution is -0.120. The molecule has 3 N–H and O–H groups in total. The third-order valence-corrected chi connectivity index (χ3v) is 6.89. The molecule has 1 aliphatic carbocycles. The van der Waals surface area contributed by atoms with Gasteiger partial charge in [-0.05, 0) is 48.2 Å². The molecular formula is C27H27FN4O4. The molecular weight excluding hydrogens is 463 g/mol. The van der Waals surface area contributed by atoms with Crippen molar-refractivity contribution >= 4 is 23.3 Å². The first-order valence-corrected chi connectivity index (χ1v) is 11.7. The van der Waals surface area contributed by atoms with E-state index >= 15 is 0 Å². The fourth-order valence-corrected chi connectivity index (χ4v) is 5.18. The normalized spacial score (nSPS) is 17.8. The van der Waals surface area contributed by atoms with Crippen LogP contribution in [-0.4, -0.2) is 37.6 Å². The highest BCUT2D eigenvalue weighted by Crippen LogP contribution is 2.46. The zero-order chi connectivity index (χ0) is 25.3. The van der Waals surface area contributed by atoms with Gasteiger partial charge < -0.3 is 25.4 Å². The number of anilines is 2. The van der Waals surface area contributed by atoms with E-state index in [1.54, 1.807) is 18.3 Å². The van der Waals surface area contributed by atoms with Crippen molar-refractivity contribution in [3.8, 4) is 0 Å². The molecule has 2 amide bonds. The quantitative estimate of drug-likeness (QED) is 0.419. The van der Waals surface area contributed by atoms with Crippen molar-refractivity contribution in [2.24, 2.45) is 0 Å². The molecule has 9 heteroatoms. The van der Waals surface area contributed by atoms with Gasteiger partial charge in [-0.2, -0.15) is 0 Å². The Morgan fingerprint density at radius 3 is 2.75 bits per heavy atom. The molecule has 8 nitrogen and oxygen atoms in total. The molecule has 0 bridgehead atoms. The van der Waals surface area contributed by atoms with Gasteiger partial charge in [0.1, 0.15) is 11.6 Å². The number of amides is 2.